The van der Waals surface area contributed by atoms with E-state index < -0.39 is 22.9 Å². The maximum atomic E-state index is 13.0. The fourth-order valence-electron chi connectivity index (χ4n) is 3.03. The van der Waals surface area contributed by atoms with Crippen molar-refractivity contribution in [2.75, 3.05) is 12.4 Å². The second-order valence-electron chi connectivity index (χ2n) is 6.19. The number of halogens is 1. The highest BCUT2D eigenvalue weighted by molar-refractivity contribution is 6.32. The summed E-state index contributed by atoms with van der Waals surface area (Å²) in [7, 11) is 1.48. The lowest BCUT2D eigenvalue weighted by molar-refractivity contribution is -0.384. The van der Waals surface area contributed by atoms with Crippen molar-refractivity contribution in [3.8, 4) is 5.75 Å². The fourth-order valence-corrected chi connectivity index (χ4v) is 3.22. The SMILES string of the molecule is COc1ccccc1NC(=O)C1=C(C)NC(=O)N[C@H]1c1ccc(Cl)c([N+](=O)[O-])c1. The van der Waals surface area contributed by atoms with Crippen molar-refractivity contribution < 1.29 is 19.2 Å². The van der Waals surface area contributed by atoms with Crippen molar-refractivity contribution in [3.05, 3.63) is 74.4 Å². The Morgan fingerprint density at radius 1 is 1.28 bits per heavy atom. The molecule has 3 N–H and O–H groups in total. The van der Waals surface area contributed by atoms with Crippen LogP contribution >= 0.6 is 11.6 Å². The summed E-state index contributed by atoms with van der Waals surface area (Å²) in [6.45, 7) is 1.58. The Kier molecular flexibility index (Phi) is 5.69. The second kappa shape index (κ2) is 8.19. The Hall–Kier alpha value is -3.59. The molecule has 9 nitrogen and oxygen atoms in total. The first-order valence-corrected chi connectivity index (χ1v) is 8.86. The van der Waals surface area contributed by atoms with Crippen molar-refractivity contribution in [1.29, 1.82) is 0 Å². The number of carbonyl (C=O) groups is 2. The number of hydrogen-bond acceptors (Lipinski definition) is 5. The van der Waals surface area contributed by atoms with Crippen molar-refractivity contribution in [2.45, 2.75) is 13.0 Å². The average Bonchev–Trinajstić information content (AvgIpc) is 2.67. The van der Waals surface area contributed by atoms with Gasteiger partial charge in [-0.1, -0.05) is 29.8 Å². The Labute approximate surface area is 170 Å². The van der Waals surface area contributed by atoms with Crippen LogP contribution in [0.4, 0.5) is 16.2 Å². The first-order chi connectivity index (χ1) is 13.8. The maximum Gasteiger partial charge on any atom is 0.319 e. The topological polar surface area (TPSA) is 123 Å². The first kappa shape index (κ1) is 20.2. The van der Waals surface area contributed by atoms with Gasteiger partial charge < -0.3 is 20.7 Å². The summed E-state index contributed by atoms with van der Waals surface area (Å²) in [4.78, 5) is 35.7. The molecule has 1 heterocycles. The zero-order chi connectivity index (χ0) is 21.1. The predicted molar refractivity (Wildman–Crippen MR) is 107 cm³/mol. The number of amides is 3. The van der Waals surface area contributed by atoms with Gasteiger partial charge in [0.1, 0.15) is 10.8 Å². The van der Waals surface area contributed by atoms with Crippen LogP contribution in [0.5, 0.6) is 5.75 Å². The van der Waals surface area contributed by atoms with E-state index in [0.29, 0.717) is 22.7 Å². The van der Waals surface area contributed by atoms with Gasteiger partial charge in [-0.15, -0.1) is 0 Å². The molecule has 1 aliphatic rings. The van der Waals surface area contributed by atoms with Gasteiger partial charge in [-0.25, -0.2) is 4.79 Å². The summed E-state index contributed by atoms with van der Waals surface area (Å²) in [6, 6.07) is 9.54. The Bertz CT molecular complexity index is 1040. The molecular formula is C19H17ClN4O5. The number of allylic oxidation sites excluding steroid dienone is 1. The molecule has 0 fully saturated rings. The molecule has 29 heavy (non-hydrogen) atoms. The molecule has 0 radical (unpaired) electrons. The van der Waals surface area contributed by atoms with Crippen LogP contribution in [0.25, 0.3) is 0 Å². The van der Waals surface area contributed by atoms with E-state index in [1.165, 1.54) is 25.3 Å². The van der Waals surface area contributed by atoms with E-state index in [4.69, 9.17) is 16.3 Å². The summed E-state index contributed by atoms with van der Waals surface area (Å²) >= 11 is 5.88. The zero-order valence-corrected chi connectivity index (χ0v) is 16.2. The number of methoxy groups -OCH3 is 1. The Balaban J connectivity index is 2.01. The quantitative estimate of drug-likeness (QED) is 0.508. The summed E-state index contributed by atoms with van der Waals surface area (Å²) < 4.78 is 5.24. The van der Waals surface area contributed by atoms with Crippen molar-refractivity contribution in [3.63, 3.8) is 0 Å². The number of ether oxygens (including phenoxy) is 1. The van der Waals surface area contributed by atoms with Crippen LogP contribution in [0.2, 0.25) is 5.02 Å². The summed E-state index contributed by atoms with van der Waals surface area (Å²) in [5.74, 6) is -0.0345. The van der Waals surface area contributed by atoms with Crippen LogP contribution < -0.4 is 20.7 Å². The molecule has 0 saturated heterocycles. The number of urea groups is 1. The number of carbonyl (C=O) groups excluding carboxylic acids is 2. The molecule has 0 saturated carbocycles. The van der Waals surface area contributed by atoms with Gasteiger partial charge in [-0.2, -0.15) is 0 Å². The number of rotatable bonds is 5. The number of nitrogens with one attached hydrogen (secondary N) is 3. The highest BCUT2D eigenvalue weighted by Crippen LogP contribution is 2.33. The van der Waals surface area contributed by atoms with Crippen LogP contribution in [0, 0.1) is 10.1 Å². The monoisotopic (exact) mass is 416 g/mol. The van der Waals surface area contributed by atoms with Gasteiger partial charge in [-0.3, -0.25) is 14.9 Å². The summed E-state index contributed by atoms with van der Waals surface area (Å²) in [5.41, 5.74) is 0.994. The first-order valence-electron chi connectivity index (χ1n) is 8.48. The van der Waals surface area contributed by atoms with Crippen LogP contribution in [0.15, 0.2) is 53.7 Å². The Morgan fingerprint density at radius 2 is 2.00 bits per heavy atom. The van der Waals surface area contributed by atoms with Crippen LogP contribution in [-0.2, 0) is 4.79 Å². The lowest BCUT2D eigenvalue weighted by Gasteiger charge is -2.28. The van der Waals surface area contributed by atoms with Gasteiger partial charge in [0.15, 0.2) is 0 Å². The fraction of sp³-hybridized carbons (Fsp3) is 0.158. The number of nitro benzene ring substituents is 1. The van der Waals surface area contributed by atoms with Crippen molar-refractivity contribution in [1.82, 2.24) is 10.6 Å². The van der Waals surface area contributed by atoms with E-state index in [1.54, 1.807) is 31.2 Å². The van der Waals surface area contributed by atoms with Gasteiger partial charge >= 0.3 is 6.03 Å². The Morgan fingerprint density at radius 3 is 2.69 bits per heavy atom. The molecule has 0 spiro atoms. The number of nitrogens with zero attached hydrogens (tertiary/aromatic N) is 1. The zero-order valence-electron chi connectivity index (χ0n) is 15.5. The number of anilines is 1. The molecule has 0 unspecified atom stereocenters. The molecular weight excluding hydrogens is 400 g/mol. The summed E-state index contributed by atoms with van der Waals surface area (Å²) in [6.07, 6.45) is 0. The molecule has 2 aromatic carbocycles. The molecule has 3 rings (SSSR count). The van der Waals surface area contributed by atoms with Crippen LogP contribution in [-0.4, -0.2) is 24.0 Å². The molecule has 0 aliphatic carbocycles. The van der Waals surface area contributed by atoms with E-state index >= 15 is 0 Å². The molecule has 1 atom stereocenters. The third-order valence-electron chi connectivity index (χ3n) is 4.37. The average molecular weight is 417 g/mol. The van der Waals surface area contributed by atoms with Gasteiger partial charge in [0.2, 0.25) is 0 Å². The van der Waals surface area contributed by atoms with E-state index in [-0.39, 0.29) is 16.3 Å². The van der Waals surface area contributed by atoms with Gasteiger partial charge in [0, 0.05) is 11.8 Å². The maximum absolute atomic E-state index is 13.0. The smallest absolute Gasteiger partial charge is 0.319 e. The van der Waals surface area contributed by atoms with Crippen LogP contribution in [0.1, 0.15) is 18.5 Å². The largest absolute Gasteiger partial charge is 0.495 e. The van der Waals surface area contributed by atoms with Crippen LogP contribution in [0.3, 0.4) is 0 Å². The number of hydrogen-bond donors (Lipinski definition) is 3. The predicted octanol–water partition coefficient (Wildman–Crippen LogP) is 3.52. The van der Waals surface area contributed by atoms with Crippen molar-refractivity contribution >= 4 is 34.9 Å². The van der Waals surface area contributed by atoms with Crippen molar-refractivity contribution in [2.24, 2.45) is 0 Å². The minimum absolute atomic E-state index is 0.0419. The lowest BCUT2D eigenvalue weighted by atomic mass is 9.94. The van der Waals surface area contributed by atoms with Gasteiger partial charge in [0.25, 0.3) is 11.6 Å². The lowest BCUT2D eigenvalue weighted by Crippen LogP contribution is -2.46. The normalized spacial score (nSPS) is 16.0. The molecule has 2 aromatic rings. The number of para-hydroxylation sites is 2. The van der Waals surface area contributed by atoms with E-state index in [0.717, 1.165) is 0 Å². The number of nitro groups is 1. The molecule has 3 amide bonds. The summed E-state index contributed by atoms with van der Waals surface area (Å²) in [5, 5.41) is 19.1. The van der Waals surface area contributed by atoms with Gasteiger partial charge in [-0.05, 0) is 30.7 Å². The van der Waals surface area contributed by atoms with E-state index in [9.17, 15) is 19.7 Å². The number of benzene rings is 2. The third kappa shape index (κ3) is 4.14. The molecule has 150 valence electrons. The highest BCUT2D eigenvalue weighted by atomic mass is 35.5. The van der Waals surface area contributed by atoms with E-state index in [1.807, 2.05) is 0 Å². The molecule has 0 aromatic heterocycles. The molecule has 1 aliphatic heterocycles. The molecule has 10 heteroatoms. The minimum atomic E-state index is -0.908. The minimum Gasteiger partial charge on any atom is -0.495 e. The second-order valence-corrected chi connectivity index (χ2v) is 6.60. The third-order valence-corrected chi connectivity index (χ3v) is 4.69. The van der Waals surface area contributed by atoms with Gasteiger partial charge in [0.05, 0.1) is 29.3 Å². The van der Waals surface area contributed by atoms with E-state index in [2.05, 4.69) is 16.0 Å². The standard InChI is InChI=1S/C19H17ClN4O5/c1-10-16(18(25)22-13-5-3-4-6-15(13)29-2)17(23-19(26)21-10)11-7-8-12(20)14(9-11)24(27)28/h3-9,17H,1-2H3,(H,22,25)(H2,21,23,26)/t17-/m0/s1. The molecule has 0 bridgehead atoms. The highest BCUT2D eigenvalue weighted by Gasteiger charge is 2.32.